The zero-order chi connectivity index (χ0) is 15.1. The minimum absolute atomic E-state index is 0.0200. The van der Waals surface area contributed by atoms with Crippen molar-refractivity contribution in [2.45, 2.75) is 39.2 Å². The van der Waals surface area contributed by atoms with Crippen LogP contribution in [0.3, 0.4) is 0 Å². The Morgan fingerprint density at radius 2 is 1.75 bits per heavy atom. The molecule has 0 atom stereocenters. The van der Waals surface area contributed by atoms with E-state index < -0.39 is 0 Å². The highest BCUT2D eigenvalue weighted by Gasteiger charge is 2.14. The van der Waals surface area contributed by atoms with Crippen molar-refractivity contribution in [3.8, 4) is 11.5 Å². The molecule has 0 aliphatic carbocycles. The number of hydrogen-bond donors (Lipinski definition) is 1. The molecule has 0 bridgehead atoms. The van der Waals surface area contributed by atoms with E-state index in [1.807, 2.05) is 12.1 Å². The van der Waals surface area contributed by atoms with Crippen molar-refractivity contribution in [2.75, 3.05) is 14.2 Å². The van der Waals surface area contributed by atoms with Crippen LogP contribution in [0.15, 0.2) is 16.6 Å². The SMILES string of the molecule is CCC(CC)NC(=O)Cc1cc(OC)c(OC)cc1Br. The van der Waals surface area contributed by atoms with Crippen LogP contribution in [0.25, 0.3) is 0 Å². The summed E-state index contributed by atoms with van der Waals surface area (Å²) in [6, 6.07) is 3.88. The topological polar surface area (TPSA) is 47.6 Å². The Labute approximate surface area is 129 Å². The summed E-state index contributed by atoms with van der Waals surface area (Å²) in [5.74, 6) is 1.29. The maximum Gasteiger partial charge on any atom is 0.224 e. The number of halogens is 1. The van der Waals surface area contributed by atoms with Gasteiger partial charge < -0.3 is 14.8 Å². The molecule has 1 rings (SSSR count). The van der Waals surface area contributed by atoms with E-state index in [2.05, 4.69) is 35.1 Å². The van der Waals surface area contributed by atoms with E-state index >= 15 is 0 Å². The molecule has 5 heteroatoms. The number of methoxy groups -OCH3 is 2. The summed E-state index contributed by atoms with van der Waals surface area (Å²) in [6.45, 7) is 4.14. The Hall–Kier alpha value is -1.23. The molecule has 0 unspecified atom stereocenters. The van der Waals surface area contributed by atoms with Gasteiger partial charge >= 0.3 is 0 Å². The van der Waals surface area contributed by atoms with Crippen LogP contribution >= 0.6 is 15.9 Å². The Balaban J connectivity index is 2.84. The number of carbonyl (C=O) groups excluding carboxylic acids is 1. The van der Waals surface area contributed by atoms with E-state index in [1.54, 1.807) is 14.2 Å². The number of nitrogens with one attached hydrogen (secondary N) is 1. The molecule has 0 aliphatic heterocycles. The second kappa shape index (κ2) is 8.15. The van der Waals surface area contributed by atoms with Crippen LogP contribution in [-0.2, 0) is 11.2 Å². The van der Waals surface area contributed by atoms with Crippen molar-refractivity contribution in [3.05, 3.63) is 22.2 Å². The molecule has 1 amide bonds. The highest BCUT2D eigenvalue weighted by molar-refractivity contribution is 9.10. The standard InChI is InChI=1S/C15H22BrNO3/c1-5-11(6-2)17-15(18)8-10-7-13(19-3)14(20-4)9-12(10)16/h7,9,11H,5-6,8H2,1-4H3,(H,17,18). The first-order chi connectivity index (χ1) is 9.55. The minimum Gasteiger partial charge on any atom is -0.493 e. The Kier molecular flexibility index (Phi) is 6.85. The first-order valence-electron chi connectivity index (χ1n) is 6.75. The highest BCUT2D eigenvalue weighted by atomic mass is 79.9. The first-order valence-corrected chi connectivity index (χ1v) is 7.54. The largest absolute Gasteiger partial charge is 0.493 e. The van der Waals surface area contributed by atoms with Crippen LogP contribution < -0.4 is 14.8 Å². The lowest BCUT2D eigenvalue weighted by atomic mass is 10.1. The normalized spacial score (nSPS) is 10.5. The first kappa shape index (κ1) is 16.8. The van der Waals surface area contributed by atoms with Gasteiger partial charge in [0, 0.05) is 10.5 Å². The van der Waals surface area contributed by atoms with Crippen molar-refractivity contribution in [1.29, 1.82) is 0 Å². The molecule has 0 heterocycles. The molecule has 0 saturated carbocycles. The fourth-order valence-corrected chi connectivity index (χ4v) is 2.44. The quantitative estimate of drug-likeness (QED) is 0.826. The van der Waals surface area contributed by atoms with Gasteiger partial charge in [-0.05, 0) is 30.5 Å². The molecule has 1 aromatic rings. The maximum atomic E-state index is 12.0. The van der Waals surface area contributed by atoms with Gasteiger partial charge in [0.25, 0.3) is 0 Å². The van der Waals surface area contributed by atoms with Crippen LogP contribution in [0.2, 0.25) is 0 Å². The van der Waals surface area contributed by atoms with E-state index in [4.69, 9.17) is 9.47 Å². The molecular formula is C15H22BrNO3. The average molecular weight is 344 g/mol. The molecule has 0 saturated heterocycles. The van der Waals surface area contributed by atoms with Crippen LogP contribution in [0, 0.1) is 0 Å². The Bertz CT molecular complexity index is 459. The smallest absolute Gasteiger partial charge is 0.224 e. The third-order valence-corrected chi connectivity index (χ3v) is 3.99. The molecule has 1 aromatic carbocycles. The van der Waals surface area contributed by atoms with Crippen molar-refractivity contribution in [3.63, 3.8) is 0 Å². The zero-order valence-electron chi connectivity index (χ0n) is 12.5. The van der Waals surface area contributed by atoms with Gasteiger partial charge in [0.2, 0.25) is 5.91 Å². The highest BCUT2D eigenvalue weighted by Crippen LogP contribution is 2.33. The minimum atomic E-state index is 0.0200. The van der Waals surface area contributed by atoms with Gasteiger partial charge in [-0.25, -0.2) is 0 Å². The van der Waals surface area contributed by atoms with Crippen molar-refractivity contribution in [2.24, 2.45) is 0 Å². The lowest BCUT2D eigenvalue weighted by Gasteiger charge is -2.16. The lowest BCUT2D eigenvalue weighted by molar-refractivity contribution is -0.121. The van der Waals surface area contributed by atoms with E-state index in [0.29, 0.717) is 17.9 Å². The molecule has 20 heavy (non-hydrogen) atoms. The van der Waals surface area contributed by atoms with Gasteiger partial charge in [0.15, 0.2) is 11.5 Å². The molecule has 0 aromatic heterocycles. The Morgan fingerprint density at radius 3 is 2.25 bits per heavy atom. The molecule has 0 spiro atoms. The van der Waals surface area contributed by atoms with Crippen LogP contribution in [0.1, 0.15) is 32.3 Å². The number of ether oxygens (including phenoxy) is 2. The third kappa shape index (κ3) is 4.40. The summed E-state index contributed by atoms with van der Waals surface area (Å²) in [4.78, 5) is 12.0. The maximum absolute atomic E-state index is 12.0. The van der Waals surface area contributed by atoms with E-state index in [-0.39, 0.29) is 11.9 Å². The summed E-state index contributed by atoms with van der Waals surface area (Å²) in [7, 11) is 3.17. The molecule has 1 N–H and O–H groups in total. The van der Waals surface area contributed by atoms with E-state index in [1.165, 1.54) is 0 Å². The number of hydrogen-bond acceptors (Lipinski definition) is 3. The van der Waals surface area contributed by atoms with Crippen LogP contribution in [-0.4, -0.2) is 26.2 Å². The molecule has 0 fully saturated rings. The summed E-state index contributed by atoms with van der Waals surface area (Å²) in [6.07, 6.45) is 2.20. The molecule has 4 nitrogen and oxygen atoms in total. The predicted octanol–water partition coefficient (Wildman–Crippen LogP) is 3.31. The molecule has 0 radical (unpaired) electrons. The van der Waals surface area contributed by atoms with Crippen LogP contribution in [0.4, 0.5) is 0 Å². The Morgan fingerprint density at radius 1 is 1.20 bits per heavy atom. The third-order valence-electron chi connectivity index (χ3n) is 3.25. The number of carbonyl (C=O) groups is 1. The van der Waals surface area contributed by atoms with Gasteiger partial charge in [-0.1, -0.05) is 29.8 Å². The number of rotatable bonds is 7. The fourth-order valence-electron chi connectivity index (χ4n) is 1.98. The van der Waals surface area contributed by atoms with Crippen molar-refractivity contribution in [1.82, 2.24) is 5.32 Å². The monoisotopic (exact) mass is 343 g/mol. The van der Waals surface area contributed by atoms with E-state index in [9.17, 15) is 4.79 Å². The van der Waals surface area contributed by atoms with Gasteiger partial charge in [0.1, 0.15) is 0 Å². The second-order valence-electron chi connectivity index (χ2n) is 4.56. The number of benzene rings is 1. The van der Waals surface area contributed by atoms with Crippen molar-refractivity contribution < 1.29 is 14.3 Å². The van der Waals surface area contributed by atoms with Crippen molar-refractivity contribution >= 4 is 21.8 Å². The number of amides is 1. The average Bonchev–Trinajstić information content (AvgIpc) is 2.46. The van der Waals surface area contributed by atoms with E-state index in [0.717, 1.165) is 22.9 Å². The van der Waals surface area contributed by atoms with Crippen LogP contribution in [0.5, 0.6) is 11.5 Å². The van der Waals surface area contributed by atoms with Gasteiger partial charge in [0.05, 0.1) is 20.6 Å². The summed E-state index contributed by atoms with van der Waals surface area (Å²) in [5.41, 5.74) is 0.881. The van der Waals surface area contributed by atoms with Gasteiger partial charge in [-0.2, -0.15) is 0 Å². The predicted molar refractivity (Wildman–Crippen MR) is 83.5 cm³/mol. The van der Waals surface area contributed by atoms with Gasteiger partial charge in [-0.3, -0.25) is 4.79 Å². The fraction of sp³-hybridized carbons (Fsp3) is 0.533. The van der Waals surface area contributed by atoms with Gasteiger partial charge in [-0.15, -0.1) is 0 Å². The molecule has 112 valence electrons. The summed E-state index contributed by atoms with van der Waals surface area (Å²) in [5, 5.41) is 3.03. The lowest BCUT2D eigenvalue weighted by Crippen LogP contribution is -2.34. The molecule has 0 aliphatic rings. The summed E-state index contributed by atoms with van der Waals surface area (Å²) >= 11 is 3.46. The second-order valence-corrected chi connectivity index (χ2v) is 5.41. The molecular weight excluding hydrogens is 322 g/mol. The summed E-state index contributed by atoms with van der Waals surface area (Å²) < 4.78 is 11.3. The zero-order valence-corrected chi connectivity index (χ0v) is 14.0.